The summed E-state index contributed by atoms with van der Waals surface area (Å²) >= 11 is 1.38. The zero-order valence-electron chi connectivity index (χ0n) is 13.1. The molecule has 3 heterocycles. The number of aromatic nitrogens is 3. The van der Waals surface area contributed by atoms with Crippen LogP contribution >= 0.6 is 11.8 Å². The van der Waals surface area contributed by atoms with Crippen LogP contribution in [0.1, 0.15) is 36.3 Å². The van der Waals surface area contributed by atoms with Gasteiger partial charge in [-0.25, -0.2) is 4.98 Å². The van der Waals surface area contributed by atoms with Gasteiger partial charge in [-0.2, -0.15) is 0 Å². The highest BCUT2D eigenvalue weighted by Gasteiger charge is 2.37. The van der Waals surface area contributed by atoms with Crippen LogP contribution in [-0.2, 0) is 4.79 Å². The van der Waals surface area contributed by atoms with E-state index in [4.69, 9.17) is 0 Å². The van der Waals surface area contributed by atoms with Crippen LogP contribution in [0.4, 0.5) is 5.82 Å². The molecule has 2 aromatic heterocycles. The van der Waals surface area contributed by atoms with Crippen LogP contribution < -0.4 is 10.9 Å². The highest BCUT2D eigenvalue weighted by atomic mass is 32.2. The second-order valence-electron chi connectivity index (χ2n) is 5.85. The summed E-state index contributed by atoms with van der Waals surface area (Å²) in [4.78, 5) is 36.7. The van der Waals surface area contributed by atoms with Crippen LogP contribution in [0.2, 0.25) is 0 Å². The number of allylic oxidation sites excluding steroid dienone is 2. The number of H-pyrrole nitrogens is 1. The molecule has 0 spiro atoms. The largest absolute Gasteiger partial charge is 0.343 e. The van der Waals surface area contributed by atoms with Crippen LogP contribution in [0.3, 0.4) is 0 Å². The minimum atomic E-state index is -0.390. The molecular formula is C17H16N4O2S. The number of thioether (sulfide) groups is 1. The molecule has 7 heteroatoms. The number of hydrogen-bond acceptors (Lipinski definition) is 6. The van der Waals surface area contributed by atoms with E-state index in [1.165, 1.54) is 11.8 Å². The SMILES string of the molecule is CSc1nc2c(c(=O)[nH]1)C(c1ccncc1)C1=C(CCCC1=O)N2. The summed E-state index contributed by atoms with van der Waals surface area (Å²) in [5, 5.41) is 3.80. The van der Waals surface area contributed by atoms with Crippen molar-refractivity contribution in [1.29, 1.82) is 0 Å². The van der Waals surface area contributed by atoms with E-state index in [0.29, 0.717) is 28.5 Å². The van der Waals surface area contributed by atoms with Crippen LogP contribution in [0, 0.1) is 0 Å². The van der Waals surface area contributed by atoms with Crippen molar-refractivity contribution in [3.8, 4) is 0 Å². The Labute approximate surface area is 142 Å². The molecule has 0 amide bonds. The van der Waals surface area contributed by atoms with Crippen LogP contribution in [0.15, 0.2) is 45.7 Å². The average molecular weight is 340 g/mol. The summed E-state index contributed by atoms with van der Waals surface area (Å²) in [6.07, 6.45) is 7.37. The third-order valence-electron chi connectivity index (χ3n) is 4.47. The maximum Gasteiger partial charge on any atom is 0.257 e. The number of nitrogens with one attached hydrogen (secondary N) is 2. The third-order valence-corrected chi connectivity index (χ3v) is 5.05. The van der Waals surface area contributed by atoms with Gasteiger partial charge in [0.2, 0.25) is 0 Å². The Balaban J connectivity index is 1.99. The highest BCUT2D eigenvalue weighted by molar-refractivity contribution is 7.98. The van der Waals surface area contributed by atoms with E-state index in [0.717, 1.165) is 24.1 Å². The van der Waals surface area contributed by atoms with Gasteiger partial charge in [-0.3, -0.25) is 14.6 Å². The number of pyridine rings is 1. The second kappa shape index (κ2) is 5.90. The number of carbonyl (C=O) groups is 1. The van der Waals surface area contributed by atoms with Gasteiger partial charge in [0.05, 0.1) is 5.56 Å². The van der Waals surface area contributed by atoms with Gasteiger partial charge in [0, 0.05) is 36.0 Å². The van der Waals surface area contributed by atoms with Gasteiger partial charge in [-0.05, 0) is 36.8 Å². The van der Waals surface area contributed by atoms with E-state index < -0.39 is 0 Å². The lowest BCUT2D eigenvalue weighted by Crippen LogP contribution is -2.32. The summed E-state index contributed by atoms with van der Waals surface area (Å²) in [7, 11) is 0. The summed E-state index contributed by atoms with van der Waals surface area (Å²) < 4.78 is 0. The first-order valence-electron chi connectivity index (χ1n) is 7.80. The first-order chi connectivity index (χ1) is 11.7. The molecular weight excluding hydrogens is 324 g/mol. The number of anilines is 1. The number of hydrogen-bond donors (Lipinski definition) is 2. The van der Waals surface area contributed by atoms with Gasteiger partial charge >= 0.3 is 0 Å². The zero-order valence-corrected chi connectivity index (χ0v) is 13.9. The lowest BCUT2D eigenvalue weighted by Gasteiger charge is -2.32. The van der Waals surface area contributed by atoms with E-state index >= 15 is 0 Å². The van der Waals surface area contributed by atoms with Crippen molar-refractivity contribution in [2.75, 3.05) is 11.6 Å². The minimum Gasteiger partial charge on any atom is -0.343 e. The van der Waals surface area contributed by atoms with E-state index in [2.05, 4.69) is 20.3 Å². The Morgan fingerprint density at radius 3 is 2.75 bits per heavy atom. The maximum atomic E-state index is 12.7. The van der Waals surface area contributed by atoms with Crippen molar-refractivity contribution in [2.24, 2.45) is 0 Å². The van der Waals surface area contributed by atoms with Crippen molar-refractivity contribution in [3.63, 3.8) is 0 Å². The molecule has 0 saturated carbocycles. The van der Waals surface area contributed by atoms with Gasteiger partial charge in [-0.15, -0.1) is 0 Å². The number of rotatable bonds is 2. The van der Waals surface area contributed by atoms with Crippen molar-refractivity contribution < 1.29 is 4.79 Å². The first kappa shape index (κ1) is 15.1. The quantitative estimate of drug-likeness (QED) is 0.645. The summed E-state index contributed by atoms with van der Waals surface area (Å²) in [5.41, 5.74) is 2.78. The minimum absolute atomic E-state index is 0.101. The Morgan fingerprint density at radius 1 is 1.21 bits per heavy atom. The Morgan fingerprint density at radius 2 is 2.00 bits per heavy atom. The maximum absolute atomic E-state index is 12.7. The van der Waals surface area contributed by atoms with E-state index in [9.17, 15) is 9.59 Å². The predicted molar refractivity (Wildman–Crippen MR) is 92.2 cm³/mol. The molecule has 1 atom stereocenters. The van der Waals surface area contributed by atoms with E-state index in [-0.39, 0.29) is 17.3 Å². The van der Waals surface area contributed by atoms with Gasteiger partial charge in [0.1, 0.15) is 5.82 Å². The second-order valence-corrected chi connectivity index (χ2v) is 6.64. The lowest BCUT2D eigenvalue weighted by atomic mass is 9.77. The van der Waals surface area contributed by atoms with Crippen molar-refractivity contribution in [2.45, 2.75) is 30.3 Å². The molecule has 4 rings (SSSR count). The Kier molecular flexibility index (Phi) is 3.72. The van der Waals surface area contributed by atoms with Crippen molar-refractivity contribution in [3.05, 3.63) is 57.3 Å². The molecule has 0 bridgehead atoms. The zero-order chi connectivity index (χ0) is 16.7. The normalized spacial score (nSPS) is 19.5. The molecule has 1 unspecified atom stereocenters. The summed E-state index contributed by atoms with van der Waals surface area (Å²) in [6, 6.07) is 3.71. The number of fused-ring (bicyclic) bond motifs is 1. The van der Waals surface area contributed by atoms with Gasteiger partial charge < -0.3 is 10.3 Å². The van der Waals surface area contributed by atoms with Crippen LogP contribution in [0.5, 0.6) is 0 Å². The van der Waals surface area contributed by atoms with Gasteiger partial charge in [-0.1, -0.05) is 11.8 Å². The summed E-state index contributed by atoms with van der Waals surface area (Å²) in [5.74, 6) is 0.266. The van der Waals surface area contributed by atoms with Crippen LogP contribution in [0.25, 0.3) is 0 Å². The fourth-order valence-corrected chi connectivity index (χ4v) is 3.80. The van der Waals surface area contributed by atoms with Crippen LogP contribution in [-0.4, -0.2) is 27.0 Å². The van der Waals surface area contributed by atoms with Gasteiger partial charge in [0.25, 0.3) is 5.56 Å². The molecule has 0 fully saturated rings. The fraction of sp³-hybridized carbons (Fsp3) is 0.294. The number of nitrogens with zero attached hydrogens (tertiary/aromatic N) is 2. The molecule has 0 aromatic carbocycles. The fourth-order valence-electron chi connectivity index (χ4n) is 3.43. The smallest absolute Gasteiger partial charge is 0.257 e. The number of ketones is 1. The summed E-state index contributed by atoms with van der Waals surface area (Å²) in [6.45, 7) is 0. The monoisotopic (exact) mass is 340 g/mol. The Hall–Kier alpha value is -2.41. The molecule has 1 aliphatic heterocycles. The molecule has 24 heavy (non-hydrogen) atoms. The molecule has 6 nitrogen and oxygen atoms in total. The topological polar surface area (TPSA) is 87.7 Å². The molecule has 0 saturated heterocycles. The highest BCUT2D eigenvalue weighted by Crippen LogP contribution is 2.43. The molecule has 2 aliphatic rings. The predicted octanol–water partition coefficient (Wildman–Crippen LogP) is 2.45. The average Bonchev–Trinajstić information content (AvgIpc) is 2.60. The van der Waals surface area contributed by atoms with E-state index in [1.807, 2.05) is 18.4 Å². The molecule has 0 radical (unpaired) electrons. The molecule has 2 aromatic rings. The number of Topliss-reactive ketones (excluding diaryl/α,β-unsaturated/α-hetero) is 1. The number of aromatic amines is 1. The van der Waals surface area contributed by atoms with Crippen molar-refractivity contribution in [1.82, 2.24) is 15.0 Å². The molecule has 2 N–H and O–H groups in total. The van der Waals surface area contributed by atoms with E-state index in [1.54, 1.807) is 12.4 Å². The first-order valence-corrected chi connectivity index (χ1v) is 9.03. The molecule has 122 valence electrons. The number of carbonyl (C=O) groups excluding carboxylic acids is 1. The van der Waals surface area contributed by atoms with Gasteiger partial charge in [0.15, 0.2) is 10.9 Å². The third kappa shape index (κ3) is 2.36. The Bertz CT molecular complexity index is 905. The molecule has 1 aliphatic carbocycles. The van der Waals surface area contributed by atoms with Crippen molar-refractivity contribution >= 4 is 23.4 Å². The lowest BCUT2D eigenvalue weighted by molar-refractivity contribution is -0.116. The standard InChI is InChI=1S/C17H16N4O2S/c1-24-17-20-15-14(16(23)21-17)12(9-5-7-18-8-6-9)13-10(19-15)3-2-4-11(13)22/h5-8,12H,2-4H2,1H3,(H2,19,20,21,23).